The number of likely N-dealkylation sites (N-methyl/N-ethyl adjacent to an activating group) is 1. The molecule has 0 aliphatic heterocycles. The Kier molecular flexibility index (Phi) is 4.68. The molecule has 2 aromatic rings. The molecule has 1 atom stereocenters. The molecular formula is C14H19FN4O. The van der Waals surface area contributed by atoms with Gasteiger partial charge >= 0.3 is 0 Å². The highest BCUT2D eigenvalue weighted by Gasteiger charge is 2.16. The maximum atomic E-state index is 13.5. The summed E-state index contributed by atoms with van der Waals surface area (Å²) >= 11 is 0. The summed E-state index contributed by atoms with van der Waals surface area (Å²) in [7, 11) is 3.33. The van der Waals surface area contributed by atoms with Gasteiger partial charge in [-0.05, 0) is 31.7 Å². The first-order chi connectivity index (χ1) is 9.69. The first kappa shape index (κ1) is 14.5. The quantitative estimate of drug-likeness (QED) is 0.877. The molecule has 108 valence electrons. The molecule has 0 saturated carbocycles. The Hall–Kier alpha value is -1.95. The molecule has 1 N–H and O–H groups in total. The summed E-state index contributed by atoms with van der Waals surface area (Å²) in [6.07, 6.45) is 2.23. The Bertz CT molecular complexity index is 570. The van der Waals surface area contributed by atoms with Crippen molar-refractivity contribution in [1.29, 1.82) is 0 Å². The van der Waals surface area contributed by atoms with Crippen LogP contribution in [-0.4, -0.2) is 28.9 Å². The number of nitrogens with one attached hydrogen (secondary N) is 1. The predicted molar refractivity (Wildman–Crippen MR) is 74.2 cm³/mol. The molecule has 1 heterocycles. The van der Waals surface area contributed by atoms with E-state index in [4.69, 9.17) is 4.74 Å². The van der Waals surface area contributed by atoms with Crippen molar-refractivity contribution >= 4 is 0 Å². The molecule has 6 heteroatoms. The van der Waals surface area contributed by atoms with Gasteiger partial charge < -0.3 is 10.1 Å². The molecule has 0 fully saturated rings. The number of benzene rings is 1. The summed E-state index contributed by atoms with van der Waals surface area (Å²) in [6, 6.07) is 4.91. The van der Waals surface area contributed by atoms with Crippen molar-refractivity contribution in [3.8, 4) is 5.75 Å². The van der Waals surface area contributed by atoms with E-state index >= 15 is 0 Å². The second-order valence-corrected chi connectivity index (χ2v) is 4.43. The van der Waals surface area contributed by atoms with Crippen LogP contribution in [0.5, 0.6) is 5.75 Å². The summed E-state index contributed by atoms with van der Waals surface area (Å²) in [5.74, 6) is 0.790. The average Bonchev–Trinajstić information content (AvgIpc) is 2.92. The Balaban J connectivity index is 2.24. The van der Waals surface area contributed by atoms with E-state index in [1.54, 1.807) is 18.5 Å². The zero-order valence-corrected chi connectivity index (χ0v) is 11.9. The summed E-state index contributed by atoms with van der Waals surface area (Å²) in [4.78, 5) is 4.27. The van der Waals surface area contributed by atoms with Gasteiger partial charge in [-0.15, -0.1) is 0 Å². The fourth-order valence-electron chi connectivity index (χ4n) is 2.17. The van der Waals surface area contributed by atoms with Gasteiger partial charge in [-0.25, -0.2) is 9.37 Å². The molecule has 5 nitrogen and oxygen atoms in total. The van der Waals surface area contributed by atoms with Crippen molar-refractivity contribution in [2.75, 3.05) is 14.2 Å². The van der Waals surface area contributed by atoms with Crippen LogP contribution in [0.15, 0.2) is 24.5 Å². The smallest absolute Gasteiger partial charge is 0.165 e. The molecule has 0 aliphatic rings. The lowest BCUT2D eigenvalue weighted by molar-refractivity contribution is 0.384. The highest BCUT2D eigenvalue weighted by atomic mass is 19.1. The third-order valence-electron chi connectivity index (χ3n) is 3.31. The van der Waals surface area contributed by atoms with Crippen molar-refractivity contribution in [3.05, 3.63) is 41.7 Å². The van der Waals surface area contributed by atoms with E-state index in [0.29, 0.717) is 6.42 Å². The molecule has 1 aromatic carbocycles. The maximum Gasteiger partial charge on any atom is 0.165 e. The summed E-state index contributed by atoms with van der Waals surface area (Å²) < 4.78 is 20.3. The summed E-state index contributed by atoms with van der Waals surface area (Å²) in [6.45, 7) is 2.80. The van der Waals surface area contributed by atoms with Crippen molar-refractivity contribution in [1.82, 2.24) is 20.1 Å². The first-order valence-corrected chi connectivity index (χ1v) is 6.57. The van der Waals surface area contributed by atoms with Crippen LogP contribution in [0.3, 0.4) is 0 Å². The SMILES string of the molecule is CCn1ncnc1CC(NC)c1ccc(F)c(OC)c1. The third-order valence-corrected chi connectivity index (χ3v) is 3.31. The van der Waals surface area contributed by atoms with Gasteiger partial charge in [0.15, 0.2) is 11.6 Å². The summed E-state index contributed by atoms with van der Waals surface area (Å²) in [5, 5.41) is 7.38. The number of hydrogen-bond donors (Lipinski definition) is 1. The Morgan fingerprint density at radius 2 is 2.25 bits per heavy atom. The van der Waals surface area contributed by atoms with Gasteiger partial charge in [-0.1, -0.05) is 6.07 Å². The van der Waals surface area contributed by atoms with Gasteiger partial charge in [0.2, 0.25) is 0 Å². The van der Waals surface area contributed by atoms with Gasteiger partial charge in [-0.2, -0.15) is 5.10 Å². The number of rotatable bonds is 6. The second kappa shape index (κ2) is 6.47. The maximum absolute atomic E-state index is 13.5. The zero-order valence-electron chi connectivity index (χ0n) is 11.9. The fraction of sp³-hybridized carbons (Fsp3) is 0.429. The summed E-state index contributed by atoms with van der Waals surface area (Å²) in [5.41, 5.74) is 0.955. The van der Waals surface area contributed by atoms with Gasteiger partial charge in [0.05, 0.1) is 7.11 Å². The van der Waals surface area contributed by atoms with E-state index in [9.17, 15) is 4.39 Å². The monoisotopic (exact) mass is 278 g/mol. The van der Waals surface area contributed by atoms with Gasteiger partial charge in [-0.3, -0.25) is 4.68 Å². The highest BCUT2D eigenvalue weighted by Crippen LogP contribution is 2.24. The number of hydrogen-bond acceptors (Lipinski definition) is 4. The molecule has 0 saturated heterocycles. The lowest BCUT2D eigenvalue weighted by Gasteiger charge is -2.17. The van der Waals surface area contributed by atoms with Crippen LogP contribution < -0.4 is 10.1 Å². The number of nitrogens with zero attached hydrogens (tertiary/aromatic N) is 3. The van der Waals surface area contributed by atoms with Crippen molar-refractivity contribution in [2.45, 2.75) is 25.9 Å². The molecule has 0 spiro atoms. The minimum Gasteiger partial charge on any atom is -0.494 e. The van der Waals surface area contributed by atoms with Crippen molar-refractivity contribution in [2.24, 2.45) is 0 Å². The van der Waals surface area contributed by atoms with Crippen LogP contribution in [0.2, 0.25) is 0 Å². The zero-order chi connectivity index (χ0) is 14.5. The van der Waals surface area contributed by atoms with E-state index in [0.717, 1.165) is 17.9 Å². The highest BCUT2D eigenvalue weighted by molar-refractivity contribution is 5.32. The Morgan fingerprint density at radius 1 is 1.45 bits per heavy atom. The Labute approximate surface area is 117 Å². The van der Waals surface area contributed by atoms with E-state index in [2.05, 4.69) is 15.4 Å². The number of methoxy groups -OCH3 is 1. The molecule has 1 aromatic heterocycles. The Morgan fingerprint density at radius 3 is 2.90 bits per heavy atom. The van der Waals surface area contributed by atoms with Crippen LogP contribution in [0, 0.1) is 5.82 Å². The lowest BCUT2D eigenvalue weighted by Crippen LogP contribution is -2.21. The minimum absolute atomic E-state index is 0.0269. The molecule has 0 radical (unpaired) electrons. The van der Waals surface area contributed by atoms with Gasteiger partial charge in [0.1, 0.15) is 12.2 Å². The van der Waals surface area contributed by atoms with Gasteiger partial charge in [0.25, 0.3) is 0 Å². The normalized spacial score (nSPS) is 12.4. The minimum atomic E-state index is -0.358. The van der Waals surface area contributed by atoms with Crippen molar-refractivity contribution in [3.63, 3.8) is 0 Å². The predicted octanol–water partition coefficient (Wildman–Crippen LogP) is 1.95. The average molecular weight is 278 g/mol. The molecule has 0 aliphatic carbocycles. The number of halogens is 1. The molecule has 2 rings (SSSR count). The molecule has 0 amide bonds. The van der Waals surface area contributed by atoms with Crippen LogP contribution in [-0.2, 0) is 13.0 Å². The molecule has 20 heavy (non-hydrogen) atoms. The number of ether oxygens (including phenoxy) is 1. The largest absolute Gasteiger partial charge is 0.494 e. The van der Waals surface area contributed by atoms with E-state index in [1.165, 1.54) is 13.2 Å². The second-order valence-electron chi connectivity index (χ2n) is 4.43. The fourth-order valence-corrected chi connectivity index (χ4v) is 2.17. The standard InChI is InChI=1S/C14H19FN4O/c1-4-19-14(17-9-18-19)8-12(16-2)10-5-6-11(15)13(7-10)20-3/h5-7,9,12,16H,4,8H2,1-3H3. The number of aryl methyl sites for hydroxylation is 1. The topological polar surface area (TPSA) is 52.0 Å². The van der Waals surface area contributed by atoms with Crippen LogP contribution >= 0.6 is 0 Å². The molecule has 1 unspecified atom stereocenters. The van der Waals surface area contributed by atoms with E-state index < -0.39 is 0 Å². The lowest BCUT2D eigenvalue weighted by atomic mass is 10.0. The van der Waals surface area contributed by atoms with Crippen molar-refractivity contribution < 1.29 is 9.13 Å². The molecular weight excluding hydrogens is 259 g/mol. The number of aromatic nitrogens is 3. The van der Waals surface area contributed by atoms with E-state index in [1.807, 2.05) is 18.7 Å². The third kappa shape index (κ3) is 2.96. The van der Waals surface area contributed by atoms with Crippen LogP contribution in [0.4, 0.5) is 4.39 Å². The van der Waals surface area contributed by atoms with Gasteiger partial charge in [0, 0.05) is 19.0 Å². The first-order valence-electron chi connectivity index (χ1n) is 6.57. The van der Waals surface area contributed by atoms with E-state index in [-0.39, 0.29) is 17.6 Å². The van der Waals surface area contributed by atoms with Crippen LogP contribution in [0.25, 0.3) is 0 Å². The van der Waals surface area contributed by atoms with Crippen LogP contribution in [0.1, 0.15) is 24.4 Å². The molecule has 0 bridgehead atoms.